The average molecular weight is 247 g/mol. The van der Waals surface area contributed by atoms with Gasteiger partial charge in [0.05, 0.1) is 5.56 Å². The first-order valence-corrected chi connectivity index (χ1v) is 5.58. The highest BCUT2D eigenvalue weighted by atomic mass is 35.5. The fourth-order valence-corrected chi connectivity index (χ4v) is 1.61. The molecule has 0 fully saturated rings. The Bertz CT molecular complexity index is 532. The third-order valence-corrected chi connectivity index (χ3v) is 2.55. The largest absolute Gasteiger partial charge is 0.457 e. The van der Waals surface area contributed by atoms with Gasteiger partial charge in [-0.15, -0.1) is 0 Å². The minimum atomic E-state index is -0.521. The molecule has 0 aromatic heterocycles. The first-order valence-electron chi connectivity index (χ1n) is 5.20. The standard InChI is InChI=1S/C14H11ClO2/c1-10-6-8-11(9-7-10)17-13-5-3-2-4-12(13)14(15)16/h2-9H,1H3. The molecular weight excluding hydrogens is 236 g/mol. The third-order valence-electron chi connectivity index (χ3n) is 2.35. The maximum absolute atomic E-state index is 11.2. The van der Waals surface area contributed by atoms with Gasteiger partial charge in [0.1, 0.15) is 11.5 Å². The van der Waals surface area contributed by atoms with Gasteiger partial charge in [-0.05, 0) is 42.8 Å². The normalized spacial score (nSPS) is 10.0. The van der Waals surface area contributed by atoms with E-state index in [4.69, 9.17) is 16.3 Å². The molecule has 0 saturated heterocycles. The van der Waals surface area contributed by atoms with Crippen molar-refractivity contribution in [3.63, 3.8) is 0 Å². The Hall–Kier alpha value is -1.80. The number of hydrogen-bond donors (Lipinski definition) is 0. The van der Waals surface area contributed by atoms with Crippen LogP contribution in [0, 0.1) is 6.92 Å². The second-order valence-electron chi connectivity index (χ2n) is 3.68. The van der Waals surface area contributed by atoms with Gasteiger partial charge in [0.2, 0.25) is 0 Å². The molecule has 86 valence electrons. The van der Waals surface area contributed by atoms with Gasteiger partial charge >= 0.3 is 0 Å². The molecule has 0 radical (unpaired) electrons. The van der Waals surface area contributed by atoms with E-state index >= 15 is 0 Å². The Labute approximate surface area is 105 Å². The summed E-state index contributed by atoms with van der Waals surface area (Å²) in [6.45, 7) is 2.00. The van der Waals surface area contributed by atoms with Gasteiger partial charge in [0, 0.05) is 0 Å². The zero-order valence-corrected chi connectivity index (χ0v) is 10.1. The zero-order chi connectivity index (χ0) is 12.3. The van der Waals surface area contributed by atoms with Gasteiger partial charge in [-0.2, -0.15) is 0 Å². The number of carbonyl (C=O) groups is 1. The van der Waals surface area contributed by atoms with Crippen molar-refractivity contribution in [3.8, 4) is 11.5 Å². The van der Waals surface area contributed by atoms with Crippen LogP contribution in [0.1, 0.15) is 15.9 Å². The molecule has 2 rings (SSSR count). The molecule has 0 unspecified atom stereocenters. The van der Waals surface area contributed by atoms with Crippen LogP contribution in [-0.2, 0) is 0 Å². The molecule has 17 heavy (non-hydrogen) atoms. The lowest BCUT2D eigenvalue weighted by atomic mass is 10.2. The second-order valence-corrected chi connectivity index (χ2v) is 4.03. The summed E-state index contributed by atoms with van der Waals surface area (Å²) in [5, 5.41) is -0.521. The van der Waals surface area contributed by atoms with Gasteiger partial charge < -0.3 is 4.74 Å². The van der Waals surface area contributed by atoms with Crippen molar-refractivity contribution in [1.29, 1.82) is 0 Å². The summed E-state index contributed by atoms with van der Waals surface area (Å²) in [7, 11) is 0. The number of halogens is 1. The van der Waals surface area contributed by atoms with Crippen molar-refractivity contribution in [3.05, 3.63) is 59.7 Å². The summed E-state index contributed by atoms with van der Waals surface area (Å²) in [5.74, 6) is 1.15. The summed E-state index contributed by atoms with van der Waals surface area (Å²) < 4.78 is 5.62. The molecule has 0 atom stereocenters. The maximum Gasteiger partial charge on any atom is 0.256 e. The summed E-state index contributed by atoms with van der Waals surface area (Å²) in [6, 6.07) is 14.5. The van der Waals surface area contributed by atoms with Crippen LogP contribution < -0.4 is 4.74 Å². The van der Waals surface area contributed by atoms with E-state index in [2.05, 4.69) is 0 Å². The van der Waals surface area contributed by atoms with Crippen LogP contribution >= 0.6 is 11.6 Å². The van der Waals surface area contributed by atoms with Gasteiger partial charge in [-0.1, -0.05) is 29.8 Å². The molecule has 2 aromatic carbocycles. The van der Waals surface area contributed by atoms with E-state index in [0.29, 0.717) is 17.1 Å². The van der Waals surface area contributed by atoms with E-state index in [0.717, 1.165) is 5.56 Å². The maximum atomic E-state index is 11.2. The Morgan fingerprint density at radius 1 is 1.06 bits per heavy atom. The molecule has 0 amide bonds. The Kier molecular flexibility index (Phi) is 3.45. The lowest BCUT2D eigenvalue weighted by Crippen LogP contribution is -1.94. The summed E-state index contributed by atoms with van der Waals surface area (Å²) in [6.07, 6.45) is 0. The number of carbonyl (C=O) groups excluding carboxylic acids is 1. The van der Waals surface area contributed by atoms with E-state index in [1.54, 1.807) is 24.3 Å². The molecule has 0 saturated carbocycles. The van der Waals surface area contributed by atoms with Crippen LogP contribution in [0.15, 0.2) is 48.5 Å². The summed E-state index contributed by atoms with van der Waals surface area (Å²) >= 11 is 5.48. The topological polar surface area (TPSA) is 26.3 Å². The van der Waals surface area contributed by atoms with Crippen molar-refractivity contribution >= 4 is 16.8 Å². The molecule has 0 spiro atoms. The second kappa shape index (κ2) is 5.02. The SMILES string of the molecule is Cc1ccc(Oc2ccccc2C(=O)Cl)cc1. The molecule has 3 heteroatoms. The number of aryl methyl sites for hydroxylation is 1. The first kappa shape index (κ1) is 11.7. The fraction of sp³-hybridized carbons (Fsp3) is 0.0714. The lowest BCUT2D eigenvalue weighted by Gasteiger charge is -2.08. The van der Waals surface area contributed by atoms with Crippen LogP contribution in [-0.4, -0.2) is 5.24 Å². The van der Waals surface area contributed by atoms with E-state index in [1.165, 1.54) is 0 Å². The van der Waals surface area contributed by atoms with Gasteiger partial charge in [-0.25, -0.2) is 0 Å². The molecule has 0 N–H and O–H groups in total. The Balaban J connectivity index is 2.30. The van der Waals surface area contributed by atoms with Gasteiger partial charge in [0.15, 0.2) is 0 Å². The van der Waals surface area contributed by atoms with Crippen LogP contribution in [0.2, 0.25) is 0 Å². The van der Waals surface area contributed by atoms with E-state index in [1.807, 2.05) is 31.2 Å². The van der Waals surface area contributed by atoms with E-state index in [-0.39, 0.29) is 0 Å². The number of benzene rings is 2. The molecule has 2 nitrogen and oxygen atoms in total. The van der Waals surface area contributed by atoms with Gasteiger partial charge in [0.25, 0.3) is 5.24 Å². The monoisotopic (exact) mass is 246 g/mol. The van der Waals surface area contributed by atoms with Crippen LogP contribution in [0.5, 0.6) is 11.5 Å². The smallest absolute Gasteiger partial charge is 0.256 e. The molecule has 0 aliphatic carbocycles. The lowest BCUT2D eigenvalue weighted by molar-refractivity contribution is 0.107. The number of rotatable bonds is 3. The van der Waals surface area contributed by atoms with Gasteiger partial charge in [-0.3, -0.25) is 4.79 Å². The molecule has 0 aliphatic rings. The highest BCUT2D eigenvalue weighted by Crippen LogP contribution is 2.26. The van der Waals surface area contributed by atoms with Crippen LogP contribution in [0.3, 0.4) is 0 Å². The summed E-state index contributed by atoms with van der Waals surface area (Å²) in [4.78, 5) is 11.2. The Morgan fingerprint density at radius 2 is 1.71 bits per heavy atom. The van der Waals surface area contributed by atoms with Crippen molar-refractivity contribution in [1.82, 2.24) is 0 Å². The molecule has 0 heterocycles. The first-order chi connectivity index (χ1) is 8.16. The average Bonchev–Trinajstić information content (AvgIpc) is 2.32. The fourth-order valence-electron chi connectivity index (χ4n) is 1.45. The quantitative estimate of drug-likeness (QED) is 0.760. The van der Waals surface area contributed by atoms with Crippen LogP contribution in [0.25, 0.3) is 0 Å². The highest BCUT2D eigenvalue weighted by Gasteiger charge is 2.09. The minimum Gasteiger partial charge on any atom is -0.457 e. The highest BCUT2D eigenvalue weighted by molar-refractivity contribution is 6.68. The van der Waals surface area contributed by atoms with Crippen molar-refractivity contribution in [2.24, 2.45) is 0 Å². The predicted octanol–water partition coefficient (Wildman–Crippen LogP) is 4.17. The number of para-hydroxylation sites is 1. The van der Waals surface area contributed by atoms with Crippen molar-refractivity contribution in [2.75, 3.05) is 0 Å². The number of hydrogen-bond acceptors (Lipinski definition) is 2. The molecule has 0 aliphatic heterocycles. The third kappa shape index (κ3) is 2.86. The zero-order valence-electron chi connectivity index (χ0n) is 9.31. The predicted molar refractivity (Wildman–Crippen MR) is 67.9 cm³/mol. The van der Waals surface area contributed by atoms with Crippen molar-refractivity contribution in [2.45, 2.75) is 6.92 Å². The van der Waals surface area contributed by atoms with E-state index in [9.17, 15) is 4.79 Å². The van der Waals surface area contributed by atoms with Crippen LogP contribution in [0.4, 0.5) is 0 Å². The number of ether oxygens (including phenoxy) is 1. The molecule has 0 bridgehead atoms. The molecular formula is C14H11ClO2. The molecule has 2 aromatic rings. The van der Waals surface area contributed by atoms with Crippen molar-refractivity contribution < 1.29 is 9.53 Å². The summed E-state index contributed by atoms with van der Waals surface area (Å²) in [5.41, 5.74) is 1.52. The minimum absolute atomic E-state index is 0.370. The Morgan fingerprint density at radius 3 is 2.35 bits per heavy atom. The van der Waals surface area contributed by atoms with E-state index < -0.39 is 5.24 Å².